The van der Waals surface area contributed by atoms with Crippen molar-refractivity contribution in [1.82, 2.24) is 15.2 Å². The van der Waals surface area contributed by atoms with Crippen LogP contribution in [0.3, 0.4) is 0 Å². The van der Waals surface area contributed by atoms with E-state index >= 15 is 0 Å². The Hall–Kier alpha value is -2.11. The molecule has 6 heteroatoms. The molecule has 0 bridgehead atoms. The first-order chi connectivity index (χ1) is 9.06. The van der Waals surface area contributed by atoms with E-state index in [1.165, 1.54) is 18.5 Å². The van der Waals surface area contributed by atoms with Crippen LogP contribution in [0.4, 0.5) is 0 Å². The molecule has 1 aliphatic heterocycles. The zero-order valence-electron chi connectivity index (χ0n) is 10.8. The van der Waals surface area contributed by atoms with Crippen molar-refractivity contribution in [1.29, 1.82) is 0 Å². The number of likely N-dealkylation sites (tertiary alicyclic amines) is 1. The van der Waals surface area contributed by atoms with E-state index in [-0.39, 0.29) is 23.6 Å². The van der Waals surface area contributed by atoms with Crippen LogP contribution in [0.1, 0.15) is 30.1 Å². The molecule has 2 rings (SSSR count). The summed E-state index contributed by atoms with van der Waals surface area (Å²) in [7, 11) is 0. The highest BCUT2D eigenvalue weighted by Gasteiger charge is 2.22. The molecule has 6 nitrogen and oxygen atoms in total. The number of hydrogen-bond acceptors (Lipinski definition) is 4. The number of hydrogen-bond donors (Lipinski definition) is 2. The Bertz CT molecular complexity index is 490. The first-order valence-corrected chi connectivity index (χ1v) is 6.29. The minimum absolute atomic E-state index is 0.0463. The zero-order valence-corrected chi connectivity index (χ0v) is 10.8. The van der Waals surface area contributed by atoms with Crippen molar-refractivity contribution in [3.63, 3.8) is 0 Å². The van der Waals surface area contributed by atoms with Crippen LogP contribution in [0, 0.1) is 0 Å². The van der Waals surface area contributed by atoms with Crippen molar-refractivity contribution in [3.05, 3.63) is 24.0 Å². The fraction of sp³-hybridized carbons (Fsp3) is 0.462. The van der Waals surface area contributed by atoms with Gasteiger partial charge in [0.15, 0.2) is 0 Å². The smallest absolute Gasteiger partial charge is 0.253 e. The number of amides is 2. The summed E-state index contributed by atoms with van der Waals surface area (Å²) in [5.74, 6) is -0.210. The molecule has 0 aromatic carbocycles. The van der Waals surface area contributed by atoms with Gasteiger partial charge in [-0.2, -0.15) is 0 Å². The molecule has 1 aliphatic rings. The predicted octanol–water partition coefficient (Wildman–Crippen LogP) is 0.528. The van der Waals surface area contributed by atoms with Gasteiger partial charge in [-0.3, -0.25) is 14.6 Å². The van der Waals surface area contributed by atoms with Gasteiger partial charge in [-0.1, -0.05) is 0 Å². The molecule has 19 heavy (non-hydrogen) atoms. The van der Waals surface area contributed by atoms with E-state index in [1.54, 1.807) is 4.90 Å². The van der Waals surface area contributed by atoms with Crippen molar-refractivity contribution in [2.24, 2.45) is 0 Å². The van der Waals surface area contributed by atoms with Gasteiger partial charge in [-0.05, 0) is 19.4 Å². The number of nitrogens with zero attached hydrogens (tertiary/aromatic N) is 2. The third kappa shape index (κ3) is 3.43. The van der Waals surface area contributed by atoms with Crippen LogP contribution in [-0.2, 0) is 4.79 Å². The number of aromatic nitrogens is 1. The van der Waals surface area contributed by atoms with E-state index < -0.39 is 0 Å². The molecule has 0 saturated carbocycles. The quantitative estimate of drug-likeness (QED) is 0.830. The number of rotatable bonds is 4. The van der Waals surface area contributed by atoms with Gasteiger partial charge < -0.3 is 15.3 Å². The van der Waals surface area contributed by atoms with Gasteiger partial charge >= 0.3 is 0 Å². The van der Waals surface area contributed by atoms with Gasteiger partial charge in [0.2, 0.25) is 5.91 Å². The fourth-order valence-corrected chi connectivity index (χ4v) is 2.13. The normalized spacial score (nSPS) is 16.5. The number of carbonyl (C=O) groups excluding carboxylic acids is 2. The van der Waals surface area contributed by atoms with Crippen LogP contribution in [-0.4, -0.2) is 45.9 Å². The molecule has 1 atom stereocenters. The Morgan fingerprint density at radius 1 is 1.58 bits per heavy atom. The number of carbonyl (C=O) groups is 2. The van der Waals surface area contributed by atoms with Gasteiger partial charge in [-0.15, -0.1) is 0 Å². The number of pyridine rings is 1. The molecule has 0 spiro atoms. The van der Waals surface area contributed by atoms with Crippen LogP contribution >= 0.6 is 0 Å². The van der Waals surface area contributed by atoms with Crippen LogP contribution in [0.25, 0.3) is 0 Å². The predicted molar refractivity (Wildman–Crippen MR) is 68.6 cm³/mol. The van der Waals surface area contributed by atoms with E-state index in [4.69, 9.17) is 0 Å². The molecule has 102 valence electrons. The third-order valence-corrected chi connectivity index (χ3v) is 3.03. The molecule has 1 fully saturated rings. The number of nitrogens with one attached hydrogen (secondary N) is 1. The van der Waals surface area contributed by atoms with Crippen molar-refractivity contribution in [2.75, 3.05) is 13.1 Å². The van der Waals surface area contributed by atoms with E-state index in [0.29, 0.717) is 18.5 Å². The maximum Gasteiger partial charge on any atom is 0.253 e. The highest BCUT2D eigenvalue weighted by Crippen LogP contribution is 2.11. The van der Waals surface area contributed by atoms with Crippen molar-refractivity contribution >= 4 is 11.8 Å². The van der Waals surface area contributed by atoms with Crippen LogP contribution in [0.5, 0.6) is 5.75 Å². The van der Waals surface area contributed by atoms with Gasteiger partial charge in [0.1, 0.15) is 5.75 Å². The molecular formula is C13H17N3O3. The summed E-state index contributed by atoms with van der Waals surface area (Å²) in [5, 5.41) is 12.1. The fourth-order valence-electron chi connectivity index (χ4n) is 2.13. The molecule has 1 aromatic heterocycles. The van der Waals surface area contributed by atoms with Crippen molar-refractivity contribution in [2.45, 2.75) is 25.8 Å². The second-order valence-corrected chi connectivity index (χ2v) is 4.75. The topological polar surface area (TPSA) is 82.5 Å². The lowest BCUT2D eigenvalue weighted by molar-refractivity contribution is -0.127. The summed E-state index contributed by atoms with van der Waals surface area (Å²) >= 11 is 0. The zero-order chi connectivity index (χ0) is 13.8. The SMILES string of the molecule is CC(CN1CCCC1=O)NC(=O)c1cncc(O)c1. The van der Waals surface area contributed by atoms with E-state index in [0.717, 1.165) is 13.0 Å². The average molecular weight is 263 g/mol. The Morgan fingerprint density at radius 2 is 2.37 bits per heavy atom. The molecule has 1 saturated heterocycles. The van der Waals surface area contributed by atoms with Gasteiger partial charge in [-0.25, -0.2) is 0 Å². The van der Waals surface area contributed by atoms with Gasteiger partial charge in [0.05, 0.1) is 11.8 Å². The molecular weight excluding hydrogens is 246 g/mol. The molecule has 2 N–H and O–H groups in total. The monoisotopic (exact) mass is 263 g/mol. The maximum atomic E-state index is 11.9. The Labute approximate surface area is 111 Å². The molecule has 0 radical (unpaired) electrons. The highest BCUT2D eigenvalue weighted by molar-refractivity contribution is 5.94. The third-order valence-electron chi connectivity index (χ3n) is 3.03. The van der Waals surface area contributed by atoms with E-state index in [2.05, 4.69) is 10.3 Å². The second kappa shape index (κ2) is 5.69. The summed E-state index contributed by atoms with van der Waals surface area (Å²) in [5.41, 5.74) is 0.305. The van der Waals surface area contributed by atoms with Gasteiger partial charge in [0, 0.05) is 31.7 Å². The average Bonchev–Trinajstić information content (AvgIpc) is 2.75. The van der Waals surface area contributed by atoms with E-state index in [1.807, 2.05) is 6.92 Å². The molecule has 0 aliphatic carbocycles. The Kier molecular flexibility index (Phi) is 3.99. The lowest BCUT2D eigenvalue weighted by Gasteiger charge is -2.21. The second-order valence-electron chi connectivity index (χ2n) is 4.75. The van der Waals surface area contributed by atoms with Crippen LogP contribution < -0.4 is 5.32 Å². The first-order valence-electron chi connectivity index (χ1n) is 6.29. The van der Waals surface area contributed by atoms with Gasteiger partial charge in [0.25, 0.3) is 5.91 Å². The Balaban J connectivity index is 1.89. The summed E-state index contributed by atoms with van der Waals surface area (Å²) in [6, 6.07) is 1.22. The van der Waals surface area contributed by atoms with Crippen LogP contribution in [0.2, 0.25) is 0 Å². The summed E-state index contributed by atoms with van der Waals surface area (Å²) in [6.07, 6.45) is 4.14. The highest BCUT2D eigenvalue weighted by atomic mass is 16.3. The maximum absolute atomic E-state index is 11.9. The summed E-state index contributed by atoms with van der Waals surface area (Å²) < 4.78 is 0. The minimum Gasteiger partial charge on any atom is -0.506 e. The standard InChI is InChI=1S/C13H17N3O3/c1-9(8-16-4-2-3-12(16)18)15-13(19)10-5-11(17)7-14-6-10/h5-7,9,17H,2-4,8H2,1H3,(H,15,19). The molecule has 2 amide bonds. The lowest BCUT2D eigenvalue weighted by Crippen LogP contribution is -2.42. The number of aromatic hydroxyl groups is 1. The summed E-state index contributed by atoms with van der Waals surface area (Å²) in [6.45, 7) is 3.11. The van der Waals surface area contributed by atoms with Crippen LogP contribution in [0.15, 0.2) is 18.5 Å². The molecule has 2 heterocycles. The summed E-state index contributed by atoms with van der Waals surface area (Å²) in [4.78, 5) is 28.9. The first kappa shape index (κ1) is 13.3. The minimum atomic E-state index is -0.303. The van der Waals surface area contributed by atoms with Crippen molar-refractivity contribution in [3.8, 4) is 5.75 Å². The lowest BCUT2D eigenvalue weighted by atomic mass is 10.2. The largest absolute Gasteiger partial charge is 0.506 e. The molecule has 1 unspecified atom stereocenters. The molecule has 1 aromatic rings. The van der Waals surface area contributed by atoms with E-state index in [9.17, 15) is 14.7 Å². The van der Waals surface area contributed by atoms with Crippen molar-refractivity contribution < 1.29 is 14.7 Å². The Morgan fingerprint density at radius 3 is 3.00 bits per heavy atom.